The zero-order chi connectivity index (χ0) is 10.2. The van der Waals surface area contributed by atoms with Crippen molar-refractivity contribution >= 4 is 11.8 Å². The van der Waals surface area contributed by atoms with Crippen LogP contribution in [-0.4, -0.2) is 28.8 Å². The monoisotopic (exact) mass is 184 g/mol. The van der Waals surface area contributed by atoms with Crippen molar-refractivity contribution in [3.63, 3.8) is 0 Å². The number of rotatable bonds is 2. The number of nitrogens with two attached hydrogens (primary N) is 1. The van der Waals surface area contributed by atoms with Gasteiger partial charge in [0, 0.05) is 18.4 Å². The van der Waals surface area contributed by atoms with Gasteiger partial charge in [-0.15, -0.1) is 0 Å². The number of nitrogens with zero attached hydrogens (tertiary/aromatic N) is 1. The van der Waals surface area contributed by atoms with Crippen molar-refractivity contribution < 1.29 is 9.59 Å². The van der Waals surface area contributed by atoms with E-state index in [1.54, 1.807) is 20.8 Å². The number of likely N-dealkylation sites (tertiary alicyclic amines) is 1. The summed E-state index contributed by atoms with van der Waals surface area (Å²) in [6, 6.07) is -0.358. The van der Waals surface area contributed by atoms with Gasteiger partial charge in [-0.1, -0.05) is 6.92 Å². The summed E-state index contributed by atoms with van der Waals surface area (Å²) in [6.45, 7) is 5.38. The largest absolute Gasteiger partial charge is 0.326 e. The molecule has 0 aromatic rings. The number of carbonyl (C=O) groups excluding carboxylic acids is 2. The first kappa shape index (κ1) is 10.2. The second-order valence-electron chi connectivity index (χ2n) is 3.81. The van der Waals surface area contributed by atoms with E-state index in [0.29, 0.717) is 6.42 Å². The van der Waals surface area contributed by atoms with Crippen LogP contribution >= 0.6 is 0 Å². The second kappa shape index (κ2) is 3.46. The van der Waals surface area contributed by atoms with Crippen molar-refractivity contribution in [1.29, 1.82) is 0 Å². The lowest BCUT2D eigenvalue weighted by atomic mass is 10.1. The van der Waals surface area contributed by atoms with E-state index in [0.717, 1.165) is 0 Å². The quantitative estimate of drug-likeness (QED) is 0.620. The molecule has 74 valence electrons. The van der Waals surface area contributed by atoms with Crippen molar-refractivity contribution in [3.8, 4) is 0 Å². The van der Waals surface area contributed by atoms with E-state index in [1.807, 2.05) is 0 Å². The predicted molar refractivity (Wildman–Crippen MR) is 48.7 cm³/mol. The van der Waals surface area contributed by atoms with Gasteiger partial charge in [-0.05, 0) is 13.8 Å². The summed E-state index contributed by atoms with van der Waals surface area (Å²) in [5.41, 5.74) is 5.64. The van der Waals surface area contributed by atoms with Gasteiger partial charge < -0.3 is 5.73 Å². The molecule has 1 heterocycles. The summed E-state index contributed by atoms with van der Waals surface area (Å²) in [7, 11) is 0. The molecule has 4 nitrogen and oxygen atoms in total. The number of imide groups is 1. The molecule has 3 unspecified atom stereocenters. The highest BCUT2D eigenvalue weighted by atomic mass is 16.2. The molecule has 0 saturated carbocycles. The zero-order valence-electron chi connectivity index (χ0n) is 8.28. The molecule has 0 aromatic carbocycles. The van der Waals surface area contributed by atoms with Gasteiger partial charge in [0.05, 0.1) is 6.04 Å². The van der Waals surface area contributed by atoms with E-state index < -0.39 is 0 Å². The highest BCUT2D eigenvalue weighted by Crippen LogP contribution is 2.21. The molecule has 0 spiro atoms. The molecule has 2 N–H and O–H groups in total. The summed E-state index contributed by atoms with van der Waals surface area (Å²) in [4.78, 5) is 24.2. The van der Waals surface area contributed by atoms with Crippen LogP contribution in [0.5, 0.6) is 0 Å². The van der Waals surface area contributed by atoms with Gasteiger partial charge in [0.15, 0.2) is 0 Å². The molecular weight excluding hydrogens is 168 g/mol. The third-order valence-electron chi connectivity index (χ3n) is 2.58. The minimum atomic E-state index is -0.190. The molecule has 13 heavy (non-hydrogen) atoms. The van der Waals surface area contributed by atoms with Crippen LogP contribution in [0.3, 0.4) is 0 Å². The average Bonchev–Trinajstić information content (AvgIpc) is 2.26. The van der Waals surface area contributed by atoms with Crippen LogP contribution in [0.15, 0.2) is 0 Å². The Hall–Kier alpha value is -0.900. The molecule has 0 aliphatic carbocycles. The van der Waals surface area contributed by atoms with Crippen LogP contribution in [0.1, 0.15) is 27.2 Å². The van der Waals surface area contributed by atoms with Crippen LogP contribution in [-0.2, 0) is 9.59 Å². The van der Waals surface area contributed by atoms with Gasteiger partial charge in [0.1, 0.15) is 0 Å². The first-order valence-corrected chi connectivity index (χ1v) is 4.56. The Morgan fingerprint density at radius 3 is 2.31 bits per heavy atom. The maximum Gasteiger partial charge on any atom is 0.232 e. The SMILES string of the molecule is CC1CC(=O)N(C(C)C(C)N)C1=O. The number of hydrogen-bond acceptors (Lipinski definition) is 3. The van der Waals surface area contributed by atoms with Gasteiger partial charge in [-0.2, -0.15) is 0 Å². The fourth-order valence-corrected chi connectivity index (χ4v) is 1.47. The fourth-order valence-electron chi connectivity index (χ4n) is 1.47. The maximum absolute atomic E-state index is 11.5. The number of amides is 2. The molecule has 0 radical (unpaired) electrons. The van der Waals surface area contributed by atoms with Crippen molar-refractivity contribution in [2.24, 2.45) is 11.7 Å². The average molecular weight is 184 g/mol. The van der Waals surface area contributed by atoms with Crippen LogP contribution in [0, 0.1) is 5.92 Å². The van der Waals surface area contributed by atoms with Crippen molar-refractivity contribution in [2.75, 3.05) is 0 Å². The number of hydrogen-bond donors (Lipinski definition) is 1. The third-order valence-corrected chi connectivity index (χ3v) is 2.58. The normalized spacial score (nSPS) is 28.0. The van der Waals surface area contributed by atoms with E-state index in [-0.39, 0.29) is 29.8 Å². The minimum absolute atomic E-state index is 0.0881. The van der Waals surface area contributed by atoms with Gasteiger partial charge in [-0.25, -0.2) is 0 Å². The summed E-state index contributed by atoms with van der Waals surface area (Å²) in [5, 5.41) is 0. The topological polar surface area (TPSA) is 63.4 Å². The van der Waals surface area contributed by atoms with Gasteiger partial charge in [0.2, 0.25) is 11.8 Å². The molecule has 1 aliphatic heterocycles. The van der Waals surface area contributed by atoms with Gasteiger partial charge >= 0.3 is 0 Å². The Labute approximate surface area is 78.1 Å². The van der Waals surface area contributed by atoms with Crippen LogP contribution < -0.4 is 5.73 Å². The van der Waals surface area contributed by atoms with E-state index in [4.69, 9.17) is 5.73 Å². The van der Waals surface area contributed by atoms with E-state index in [9.17, 15) is 9.59 Å². The van der Waals surface area contributed by atoms with Gasteiger partial charge in [0.25, 0.3) is 0 Å². The lowest BCUT2D eigenvalue weighted by Crippen LogP contribution is -2.47. The third kappa shape index (κ3) is 1.72. The van der Waals surface area contributed by atoms with Crippen LogP contribution in [0.25, 0.3) is 0 Å². The van der Waals surface area contributed by atoms with Crippen molar-refractivity contribution in [3.05, 3.63) is 0 Å². The summed E-state index contributed by atoms with van der Waals surface area (Å²) in [6.07, 6.45) is 0.329. The van der Waals surface area contributed by atoms with Crippen molar-refractivity contribution in [1.82, 2.24) is 4.90 Å². The maximum atomic E-state index is 11.5. The number of carbonyl (C=O) groups is 2. The minimum Gasteiger partial charge on any atom is -0.326 e. The van der Waals surface area contributed by atoms with Crippen LogP contribution in [0.4, 0.5) is 0 Å². The van der Waals surface area contributed by atoms with Gasteiger partial charge in [-0.3, -0.25) is 14.5 Å². The molecule has 3 atom stereocenters. The lowest BCUT2D eigenvalue weighted by Gasteiger charge is -2.25. The van der Waals surface area contributed by atoms with Crippen LogP contribution in [0.2, 0.25) is 0 Å². The molecule has 0 aromatic heterocycles. The van der Waals surface area contributed by atoms with E-state index in [2.05, 4.69) is 0 Å². The Balaban J connectivity index is 2.80. The van der Waals surface area contributed by atoms with E-state index >= 15 is 0 Å². The summed E-state index contributed by atoms with van der Waals surface area (Å²) in [5.74, 6) is -0.356. The molecule has 0 bridgehead atoms. The zero-order valence-corrected chi connectivity index (χ0v) is 8.28. The Bertz CT molecular complexity index is 238. The first-order chi connectivity index (χ1) is 5.95. The molecule has 1 fully saturated rings. The molecule has 4 heteroatoms. The Morgan fingerprint density at radius 1 is 1.46 bits per heavy atom. The van der Waals surface area contributed by atoms with Crippen molar-refractivity contribution in [2.45, 2.75) is 39.3 Å². The lowest BCUT2D eigenvalue weighted by molar-refractivity contribution is -0.141. The fraction of sp³-hybridized carbons (Fsp3) is 0.778. The second-order valence-corrected chi connectivity index (χ2v) is 3.81. The predicted octanol–water partition coefficient (Wildman–Crippen LogP) is 0.117. The Kier molecular flexibility index (Phi) is 2.71. The standard InChI is InChI=1S/C9H16N2O2/c1-5-4-8(12)11(9(5)13)7(3)6(2)10/h5-7H,4,10H2,1-3H3. The Morgan fingerprint density at radius 2 is 2.00 bits per heavy atom. The summed E-state index contributed by atoms with van der Waals surface area (Å²) < 4.78 is 0. The molecule has 1 rings (SSSR count). The highest BCUT2D eigenvalue weighted by molar-refractivity contribution is 6.03. The smallest absolute Gasteiger partial charge is 0.232 e. The molecule has 2 amide bonds. The molecule has 1 aliphatic rings. The first-order valence-electron chi connectivity index (χ1n) is 4.56. The van der Waals surface area contributed by atoms with E-state index in [1.165, 1.54) is 4.90 Å². The highest BCUT2D eigenvalue weighted by Gasteiger charge is 2.39. The summed E-state index contributed by atoms with van der Waals surface area (Å²) >= 11 is 0. The molecule has 1 saturated heterocycles. The molecular formula is C9H16N2O2.